The van der Waals surface area contributed by atoms with Crippen molar-refractivity contribution in [3.05, 3.63) is 137 Å². The van der Waals surface area contributed by atoms with Crippen molar-refractivity contribution in [2.45, 2.75) is 25.7 Å². The topological polar surface area (TPSA) is 232 Å². The Bertz CT molecular complexity index is 2530. The maximum atomic E-state index is 11.6. The Balaban J connectivity index is 0.000000160. The zero-order valence-electron chi connectivity index (χ0n) is 31.0. The minimum absolute atomic E-state index is 0.393. The van der Waals surface area contributed by atoms with Gasteiger partial charge in [0.15, 0.2) is 0 Å². The summed E-state index contributed by atoms with van der Waals surface area (Å²) in [4.78, 5) is 43.5. The molecule has 2 aromatic carbocycles. The molecule has 0 unspecified atom stereocenters. The second-order valence-electron chi connectivity index (χ2n) is 13.3. The summed E-state index contributed by atoms with van der Waals surface area (Å²) in [6, 6.07) is 24.8. The van der Waals surface area contributed by atoms with Gasteiger partial charge in [0.1, 0.15) is 11.6 Å². The number of primary amides is 2. The van der Waals surface area contributed by atoms with Gasteiger partial charge in [0.2, 0.25) is 0 Å². The molecule has 0 bridgehead atoms. The van der Waals surface area contributed by atoms with Crippen LogP contribution in [0, 0.1) is 22.7 Å². The van der Waals surface area contributed by atoms with Crippen molar-refractivity contribution in [1.82, 2.24) is 19.9 Å². The zero-order valence-corrected chi connectivity index (χ0v) is 32.6. The van der Waals surface area contributed by atoms with Gasteiger partial charge in [-0.15, -0.1) is 0 Å². The lowest BCUT2D eigenvalue weighted by Crippen LogP contribution is -2.40. The second kappa shape index (κ2) is 18.8. The van der Waals surface area contributed by atoms with Crippen LogP contribution in [0.2, 0.25) is 0 Å². The van der Waals surface area contributed by atoms with Crippen LogP contribution in [-0.4, -0.2) is 62.3 Å². The van der Waals surface area contributed by atoms with Gasteiger partial charge in [0.05, 0.1) is 23.3 Å². The summed E-state index contributed by atoms with van der Waals surface area (Å²) in [5.41, 5.74) is 20.3. The molecule has 6 heterocycles. The summed E-state index contributed by atoms with van der Waals surface area (Å²) in [7, 11) is -1.46. The number of hydrogen-bond acceptors (Lipinski definition) is 10. The highest BCUT2D eigenvalue weighted by Crippen LogP contribution is 2.32. The number of carbonyl (C=O) groups is 2. The summed E-state index contributed by atoms with van der Waals surface area (Å²) in [5, 5.41) is 34.7. The van der Waals surface area contributed by atoms with E-state index in [9.17, 15) is 9.59 Å². The molecule has 0 radical (unpaired) electrons. The Labute approximate surface area is 343 Å². The molecule has 0 atom stereocenters. The van der Waals surface area contributed by atoms with E-state index in [-0.39, 0.29) is 0 Å². The van der Waals surface area contributed by atoms with Crippen LogP contribution in [0.25, 0.3) is 33.4 Å². The van der Waals surface area contributed by atoms with Crippen molar-refractivity contribution >= 4 is 52.2 Å². The van der Waals surface area contributed by atoms with E-state index in [0.29, 0.717) is 41.3 Å². The molecule has 0 spiro atoms. The van der Waals surface area contributed by atoms with Crippen molar-refractivity contribution in [2.24, 2.45) is 11.5 Å². The fourth-order valence-electron chi connectivity index (χ4n) is 6.46. The number of carbonyl (C=O) groups excluding carboxylic acids is 2. The molecule has 2 aliphatic heterocycles. The molecule has 4 aromatic heterocycles. The van der Waals surface area contributed by atoms with Crippen LogP contribution in [0.15, 0.2) is 114 Å². The quantitative estimate of drug-likeness (QED) is 0.163. The number of rotatable bonds is 4. The zero-order chi connectivity index (χ0) is 41.2. The molecule has 0 fully saturated rings. The first-order valence-electron chi connectivity index (χ1n) is 18.1. The molecule has 0 aliphatic carbocycles. The molecular weight excluding hydrogens is 799 g/mol. The van der Waals surface area contributed by atoms with E-state index < -0.39 is 19.2 Å². The summed E-state index contributed by atoms with van der Waals surface area (Å²) >= 11 is 3.41. The number of nitriles is 2. The molecule has 6 aromatic rings. The van der Waals surface area contributed by atoms with Crippen LogP contribution in [0.1, 0.15) is 35.1 Å². The molecule has 288 valence electrons. The highest BCUT2D eigenvalue weighted by atomic mass is 79.9. The van der Waals surface area contributed by atoms with Gasteiger partial charge < -0.3 is 21.5 Å². The molecule has 2 aliphatic rings. The van der Waals surface area contributed by atoms with Crippen LogP contribution in [0.4, 0.5) is 21.2 Å². The van der Waals surface area contributed by atoms with Crippen LogP contribution in [0.5, 0.6) is 0 Å². The minimum atomic E-state index is -1.46. The molecule has 0 saturated carbocycles. The van der Waals surface area contributed by atoms with Gasteiger partial charge in [-0.3, -0.25) is 19.8 Å². The molecule has 58 heavy (non-hydrogen) atoms. The third-order valence-electron chi connectivity index (χ3n) is 9.38. The average molecular weight is 836 g/mol. The number of halogens is 1. The number of nitrogens with two attached hydrogens (primary N) is 2. The molecular formula is C42H36BBrN10O4. The molecule has 4 amide bonds. The van der Waals surface area contributed by atoms with E-state index >= 15 is 0 Å². The van der Waals surface area contributed by atoms with Gasteiger partial charge in [0, 0.05) is 82.6 Å². The van der Waals surface area contributed by atoms with Crippen LogP contribution in [-0.2, 0) is 12.8 Å². The highest BCUT2D eigenvalue weighted by molar-refractivity contribution is 9.10. The van der Waals surface area contributed by atoms with E-state index in [4.69, 9.17) is 32.0 Å². The Morgan fingerprint density at radius 3 is 1.50 bits per heavy atom. The Morgan fingerprint density at radius 2 is 1.05 bits per heavy atom. The number of benzene rings is 2. The van der Waals surface area contributed by atoms with Gasteiger partial charge in [-0.25, -0.2) is 19.6 Å². The van der Waals surface area contributed by atoms with E-state index in [1.807, 2.05) is 30.3 Å². The summed E-state index contributed by atoms with van der Waals surface area (Å²) < 4.78 is 0.923. The number of anilines is 2. The van der Waals surface area contributed by atoms with Crippen LogP contribution < -0.4 is 26.7 Å². The first-order chi connectivity index (χ1) is 28.0. The number of urea groups is 2. The van der Waals surface area contributed by atoms with Gasteiger partial charge in [-0.1, -0.05) is 24.3 Å². The van der Waals surface area contributed by atoms with Crippen LogP contribution >= 0.6 is 15.9 Å². The van der Waals surface area contributed by atoms with Crippen molar-refractivity contribution in [3.8, 4) is 45.5 Å². The van der Waals surface area contributed by atoms with Gasteiger partial charge in [-0.2, -0.15) is 10.5 Å². The fraction of sp³-hybridized carbons (Fsp3) is 0.143. The Morgan fingerprint density at radius 1 is 0.621 bits per heavy atom. The highest BCUT2D eigenvalue weighted by Gasteiger charge is 2.24. The van der Waals surface area contributed by atoms with Crippen molar-refractivity contribution < 1.29 is 19.6 Å². The van der Waals surface area contributed by atoms with Gasteiger partial charge in [-0.05, 0) is 112 Å². The van der Waals surface area contributed by atoms with Gasteiger partial charge in [0.25, 0.3) is 0 Å². The monoisotopic (exact) mass is 834 g/mol. The normalized spacial score (nSPS) is 12.5. The SMILES string of the molecule is N#Cc1ccc(-c2cncc(-c3cnc4c(c3)CCCN4C(N)=O)c2)cc1.N#Cc1ccc(B(O)O)cc1.NC(=O)N1CCCc2cc(-c3cncc(Br)c3)cnc21. The lowest BCUT2D eigenvalue weighted by Gasteiger charge is -2.26. The first kappa shape index (κ1) is 40.7. The van der Waals surface area contributed by atoms with E-state index in [1.54, 1.807) is 49.3 Å². The molecule has 8 rings (SSSR count). The predicted octanol–water partition coefficient (Wildman–Crippen LogP) is 5.49. The first-order valence-corrected chi connectivity index (χ1v) is 18.9. The number of fused-ring (bicyclic) bond motifs is 2. The number of pyridine rings is 4. The maximum Gasteiger partial charge on any atom is 0.488 e. The number of aryl methyl sites for hydroxylation is 2. The third-order valence-corrected chi connectivity index (χ3v) is 9.81. The Hall–Kier alpha value is -6.98. The maximum absolute atomic E-state index is 11.6. The second-order valence-corrected chi connectivity index (χ2v) is 14.2. The summed E-state index contributed by atoms with van der Waals surface area (Å²) in [6.45, 7) is 1.23. The van der Waals surface area contributed by atoms with Crippen molar-refractivity contribution in [2.75, 3.05) is 22.9 Å². The summed E-state index contributed by atoms with van der Waals surface area (Å²) in [6.07, 6.45) is 14.2. The number of hydrogen-bond donors (Lipinski definition) is 4. The van der Waals surface area contributed by atoms with Crippen molar-refractivity contribution in [3.63, 3.8) is 0 Å². The van der Waals surface area contributed by atoms with Crippen molar-refractivity contribution in [1.29, 1.82) is 10.5 Å². The fourth-order valence-corrected chi connectivity index (χ4v) is 6.83. The standard InChI is InChI=1S/C21H17N5O.C14H13BrN4O.C7H6BNO2/c22-10-14-3-5-15(6-4-14)17-9-18(12-24-11-17)19-8-16-2-1-7-26(21(23)27)20(16)25-13-19;15-12-5-11(6-17-8-12)10-4-9-2-1-3-19(14(16)20)13(9)18-7-10;9-5-6-1-3-7(4-2-6)8(10)11/h3-6,8-9,11-13H,1-2,7H2,(H2,23,27);4-8H,1-3H2,(H2,16,20);1-4,10-11H. The lowest BCUT2D eigenvalue weighted by molar-refractivity contribution is 0.252. The minimum Gasteiger partial charge on any atom is -0.423 e. The smallest absolute Gasteiger partial charge is 0.423 e. The predicted molar refractivity (Wildman–Crippen MR) is 224 cm³/mol. The van der Waals surface area contributed by atoms with Crippen LogP contribution in [0.3, 0.4) is 0 Å². The van der Waals surface area contributed by atoms with Gasteiger partial charge >= 0.3 is 19.2 Å². The van der Waals surface area contributed by atoms with E-state index in [1.165, 1.54) is 34.1 Å². The number of aromatic nitrogens is 4. The average Bonchev–Trinajstić information content (AvgIpc) is 3.26. The van der Waals surface area contributed by atoms with E-state index in [0.717, 1.165) is 74.7 Å². The molecule has 14 nitrogen and oxygen atoms in total. The molecule has 0 saturated heterocycles. The number of nitrogens with zero attached hydrogens (tertiary/aromatic N) is 8. The third kappa shape index (κ3) is 9.87. The molecule has 6 N–H and O–H groups in total. The Kier molecular flexibility index (Phi) is 13.2. The largest absolute Gasteiger partial charge is 0.488 e. The lowest BCUT2D eigenvalue weighted by atomic mass is 9.80. The molecule has 16 heteroatoms. The van der Waals surface area contributed by atoms with E-state index in [2.05, 4.69) is 54.1 Å². The summed E-state index contributed by atoms with van der Waals surface area (Å²) in [5.74, 6) is 1.32. The number of amides is 4.